The van der Waals surface area contributed by atoms with E-state index in [1.807, 2.05) is 0 Å². The number of thiol groups is 1. The lowest BCUT2D eigenvalue weighted by molar-refractivity contribution is -0.384. The van der Waals surface area contributed by atoms with Crippen molar-refractivity contribution in [2.45, 2.75) is 0 Å². The number of hydrazine groups is 1. The molecule has 0 spiro atoms. The van der Waals surface area contributed by atoms with Crippen molar-refractivity contribution in [3.63, 3.8) is 0 Å². The van der Waals surface area contributed by atoms with Crippen molar-refractivity contribution in [3.8, 4) is 0 Å². The van der Waals surface area contributed by atoms with Gasteiger partial charge in [0.15, 0.2) is 0 Å². The molecule has 1 aromatic rings. The number of benzene rings is 1. The van der Waals surface area contributed by atoms with E-state index in [2.05, 4.69) is 35.7 Å². The first kappa shape index (κ1) is 10.7. The molecule has 1 rings (SSSR count). The van der Waals surface area contributed by atoms with Gasteiger partial charge in [-0.1, -0.05) is 18.3 Å². The van der Waals surface area contributed by atoms with Gasteiger partial charge in [0.2, 0.25) is 0 Å². The zero-order valence-electron chi connectivity index (χ0n) is 6.93. The molecule has 7 heteroatoms. The molecule has 74 valence electrons. The van der Waals surface area contributed by atoms with Crippen LogP contribution in [0.1, 0.15) is 0 Å². The van der Waals surface area contributed by atoms with Crippen LogP contribution in [-0.2, 0) is 0 Å². The van der Waals surface area contributed by atoms with Crippen molar-refractivity contribution in [2.75, 3.05) is 5.43 Å². The van der Waals surface area contributed by atoms with Gasteiger partial charge in [0, 0.05) is 12.1 Å². The molecule has 0 amide bonds. The molecule has 0 aliphatic carbocycles. The molecular formula is C7H7N3O2S2. The zero-order chi connectivity index (χ0) is 10.6. The molecule has 0 saturated heterocycles. The maximum Gasteiger partial charge on any atom is 0.271 e. The van der Waals surface area contributed by atoms with Crippen LogP contribution in [0.4, 0.5) is 11.4 Å². The monoisotopic (exact) mass is 229 g/mol. The Bertz CT molecular complexity index is 370. The molecule has 0 bridgehead atoms. The first-order chi connectivity index (χ1) is 6.59. The lowest BCUT2D eigenvalue weighted by Gasteiger charge is -2.06. The van der Waals surface area contributed by atoms with E-state index in [-0.39, 0.29) is 10.0 Å². The standard InChI is InChI=1S/C7H7N3O2S2/c11-10(12)6-3-1-2-5(4-6)8-9-7(13)14/h1-4,8H,(H2,9,13,14). The van der Waals surface area contributed by atoms with Crippen molar-refractivity contribution >= 4 is 40.5 Å². The highest BCUT2D eigenvalue weighted by Gasteiger charge is 2.04. The number of hydrogen-bond donors (Lipinski definition) is 3. The highest BCUT2D eigenvalue weighted by atomic mass is 32.1. The van der Waals surface area contributed by atoms with E-state index < -0.39 is 4.92 Å². The Kier molecular flexibility index (Phi) is 3.66. The lowest BCUT2D eigenvalue weighted by Crippen LogP contribution is -2.23. The third kappa shape index (κ3) is 3.19. The van der Waals surface area contributed by atoms with Crippen LogP contribution in [0.3, 0.4) is 0 Å². The predicted octanol–water partition coefficient (Wildman–Crippen LogP) is 1.73. The molecule has 2 N–H and O–H groups in total. The SMILES string of the molecule is O=[N+]([O-])c1cccc(NNC(=S)S)c1. The number of nitrogens with zero attached hydrogens (tertiary/aromatic N) is 1. The van der Waals surface area contributed by atoms with Gasteiger partial charge in [-0.25, -0.2) is 0 Å². The van der Waals surface area contributed by atoms with Crippen LogP contribution in [-0.4, -0.2) is 9.24 Å². The molecule has 1 aromatic carbocycles. The summed E-state index contributed by atoms with van der Waals surface area (Å²) in [5.74, 6) is 0. The Morgan fingerprint density at radius 3 is 2.86 bits per heavy atom. The number of rotatable bonds is 3. The minimum Gasteiger partial charge on any atom is -0.300 e. The smallest absolute Gasteiger partial charge is 0.271 e. The highest BCUT2D eigenvalue weighted by Crippen LogP contribution is 2.15. The fraction of sp³-hybridized carbons (Fsp3) is 0. The summed E-state index contributed by atoms with van der Waals surface area (Å²) in [5.41, 5.74) is 5.79. The first-order valence-corrected chi connectivity index (χ1v) is 4.44. The van der Waals surface area contributed by atoms with Crippen molar-refractivity contribution in [1.82, 2.24) is 5.43 Å². The van der Waals surface area contributed by atoms with Crippen LogP contribution in [0.2, 0.25) is 0 Å². The largest absolute Gasteiger partial charge is 0.300 e. The number of nitrogens with one attached hydrogen (secondary N) is 2. The average molecular weight is 229 g/mol. The summed E-state index contributed by atoms with van der Waals surface area (Å²) in [7, 11) is 0. The molecule has 14 heavy (non-hydrogen) atoms. The Hall–Kier alpha value is -1.34. The summed E-state index contributed by atoms with van der Waals surface area (Å²) in [6.07, 6.45) is 0. The van der Waals surface area contributed by atoms with Gasteiger partial charge in [-0.2, -0.15) is 0 Å². The molecule has 0 atom stereocenters. The van der Waals surface area contributed by atoms with E-state index in [1.54, 1.807) is 12.1 Å². The van der Waals surface area contributed by atoms with Gasteiger partial charge in [0.25, 0.3) is 5.69 Å². The molecule has 0 unspecified atom stereocenters. The summed E-state index contributed by atoms with van der Waals surface area (Å²) in [6.45, 7) is 0. The summed E-state index contributed by atoms with van der Waals surface area (Å²) in [6, 6.07) is 6.04. The first-order valence-electron chi connectivity index (χ1n) is 3.59. The second-order valence-corrected chi connectivity index (χ2v) is 3.52. The fourth-order valence-electron chi connectivity index (χ4n) is 0.823. The second kappa shape index (κ2) is 4.77. The normalized spacial score (nSPS) is 9.21. The number of nitro benzene ring substituents is 1. The fourth-order valence-corrected chi connectivity index (χ4v) is 0.930. The molecule has 0 radical (unpaired) electrons. The van der Waals surface area contributed by atoms with Gasteiger partial charge in [0.1, 0.15) is 4.32 Å². The summed E-state index contributed by atoms with van der Waals surface area (Å²) in [4.78, 5) is 9.94. The third-order valence-electron chi connectivity index (χ3n) is 1.37. The number of hydrogen-bond acceptors (Lipinski definition) is 4. The Balaban J connectivity index is 2.73. The minimum absolute atomic E-state index is 0.0156. The highest BCUT2D eigenvalue weighted by molar-refractivity contribution is 8.11. The van der Waals surface area contributed by atoms with Gasteiger partial charge in [-0.3, -0.25) is 21.0 Å². The van der Waals surface area contributed by atoms with Crippen LogP contribution in [0.5, 0.6) is 0 Å². The van der Waals surface area contributed by atoms with Crippen LogP contribution in [0, 0.1) is 10.1 Å². The minimum atomic E-state index is -0.468. The Morgan fingerprint density at radius 2 is 2.29 bits per heavy atom. The van der Waals surface area contributed by atoms with E-state index in [9.17, 15) is 10.1 Å². The molecule has 0 aromatic heterocycles. The van der Waals surface area contributed by atoms with E-state index in [0.29, 0.717) is 5.69 Å². The maximum atomic E-state index is 10.4. The molecule has 5 nitrogen and oxygen atoms in total. The molecule has 0 fully saturated rings. The molecule has 0 heterocycles. The summed E-state index contributed by atoms with van der Waals surface area (Å²) >= 11 is 8.45. The summed E-state index contributed by atoms with van der Waals surface area (Å²) < 4.78 is 0.261. The number of nitro groups is 1. The average Bonchev–Trinajstić information content (AvgIpc) is 2.15. The summed E-state index contributed by atoms with van der Waals surface area (Å²) in [5, 5.41) is 10.4. The van der Waals surface area contributed by atoms with Gasteiger partial charge < -0.3 is 0 Å². The molecule has 0 aliphatic rings. The van der Waals surface area contributed by atoms with Crippen molar-refractivity contribution < 1.29 is 4.92 Å². The third-order valence-corrected chi connectivity index (χ3v) is 1.58. The quantitative estimate of drug-likeness (QED) is 0.319. The predicted molar refractivity (Wildman–Crippen MR) is 61.4 cm³/mol. The van der Waals surface area contributed by atoms with E-state index in [1.165, 1.54) is 12.1 Å². The van der Waals surface area contributed by atoms with E-state index >= 15 is 0 Å². The molecule has 0 saturated carbocycles. The lowest BCUT2D eigenvalue weighted by atomic mass is 10.3. The van der Waals surface area contributed by atoms with Crippen molar-refractivity contribution in [1.29, 1.82) is 0 Å². The van der Waals surface area contributed by atoms with Gasteiger partial charge in [-0.05, 0) is 6.07 Å². The molecular weight excluding hydrogens is 222 g/mol. The van der Waals surface area contributed by atoms with Crippen LogP contribution >= 0.6 is 24.8 Å². The van der Waals surface area contributed by atoms with Gasteiger partial charge >= 0.3 is 0 Å². The van der Waals surface area contributed by atoms with Crippen LogP contribution < -0.4 is 10.9 Å². The topological polar surface area (TPSA) is 67.2 Å². The van der Waals surface area contributed by atoms with E-state index in [4.69, 9.17) is 0 Å². The number of anilines is 1. The Morgan fingerprint density at radius 1 is 1.57 bits per heavy atom. The van der Waals surface area contributed by atoms with Crippen molar-refractivity contribution in [3.05, 3.63) is 34.4 Å². The Labute approximate surface area is 91.0 Å². The maximum absolute atomic E-state index is 10.4. The van der Waals surface area contributed by atoms with Gasteiger partial charge in [0.05, 0.1) is 10.6 Å². The van der Waals surface area contributed by atoms with E-state index in [0.717, 1.165) is 0 Å². The molecule has 0 aliphatic heterocycles. The zero-order valence-corrected chi connectivity index (χ0v) is 8.64. The van der Waals surface area contributed by atoms with Crippen LogP contribution in [0.25, 0.3) is 0 Å². The van der Waals surface area contributed by atoms with Gasteiger partial charge in [-0.15, -0.1) is 12.6 Å². The van der Waals surface area contributed by atoms with Crippen molar-refractivity contribution in [2.24, 2.45) is 0 Å². The number of thiocarbonyl (C=S) groups is 1. The van der Waals surface area contributed by atoms with Crippen LogP contribution in [0.15, 0.2) is 24.3 Å². The number of non-ortho nitro benzene ring substituents is 1. The second-order valence-electron chi connectivity index (χ2n) is 2.36.